The number of aromatic hydroxyl groups is 2. The Hall–Kier alpha value is -3.53. The van der Waals surface area contributed by atoms with Gasteiger partial charge in [0, 0.05) is 5.56 Å². The average molecular weight is 402 g/mol. The highest BCUT2D eigenvalue weighted by Crippen LogP contribution is 2.40. The van der Waals surface area contributed by atoms with E-state index in [1.807, 2.05) is 0 Å². The first-order valence-electron chi connectivity index (χ1n) is 8.02. The van der Waals surface area contributed by atoms with Crippen LogP contribution in [0.4, 0.5) is 0 Å². The second-order valence-electron chi connectivity index (χ2n) is 5.57. The maximum atomic E-state index is 9.61. The molecule has 28 heavy (non-hydrogen) atoms. The van der Waals surface area contributed by atoms with E-state index < -0.39 is 0 Å². The minimum absolute atomic E-state index is 0.213. The standard InChI is InChI=1S/C18H18N4O5S/c1-25-14-7-11(8-15(26-2)16(14)27-3)17-20-21-18(28)22(17)19-9-10-4-5-12(23)13(24)6-10/h4-9,23-24H,1-3H3,(H,21,28). The van der Waals surface area contributed by atoms with Crippen molar-refractivity contribution in [2.24, 2.45) is 5.10 Å². The molecule has 0 spiro atoms. The van der Waals surface area contributed by atoms with Crippen LogP contribution in [0.3, 0.4) is 0 Å². The number of nitrogens with zero attached hydrogens (tertiary/aromatic N) is 3. The molecular formula is C18H18N4O5S. The van der Waals surface area contributed by atoms with E-state index in [0.717, 1.165) is 0 Å². The van der Waals surface area contributed by atoms with Crippen molar-refractivity contribution in [1.29, 1.82) is 0 Å². The Morgan fingerprint density at radius 2 is 1.71 bits per heavy atom. The summed E-state index contributed by atoms with van der Waals surface area (Å²) in [5.41, 5.74) is 1.20. The highest BCUT2D eigenvalue weighted by molar-refractivity contribution is 7.71. The van der Waals surface area contributed by atoms with Gasteiger partial charge in [0.25, 0.3) is 0 Å². The molecule has 10 heteroatoms. The first-order chi connectivity index (χ1) is 13.5. The minimum Gasteiger partial charge on any atom is -0.504 e. The maximum absolute atomic E-state index is 9.61. The first kappa shape index (κ1) is 19.2. The number of hydrogen-bond donors (Lipinski definition) is 3. The number of H-pyrrole nitrogens is 1. The molecule has 0 radical (unpaired) electrons. The molecule has 1 aromatic heterocycles. The predicted molar refractivity (Wildman–Crippen MR) is 105 cm³/mol. The van der Waals surface area contributed by atoms with E-state index >= 15 is 0 Å². The maximum Gasteiger partial charge on any atom is 0.216 e. The lowest BCUT2D eigenvalue weighted by molar-refractivity contribution is 0.324. The van der Waals surface area contributed by atoms with Gasteiger partial charge in [-0.15, -0.1) is 0 Å². The Labute approximate surface area is 165 Å². The number of methoxy groups -OCH3 is 3. The second kappa shape index (κ2) is 8.01. The minimum atomic E-state index is -0.246. The van der Waals surface area contributed by atoms with Crippen LogP contribution in [0.15, 0.2) is 35.4 Å². The van der Waals surface area contributed by atoms with Crippen LogP contribution in [0.25, 0.3) is 11.4 Å². The summed E-state index contributed by atoms with van der Waals surface area (Å²) in [5.74, 6) is 1.34. The lowest BCUT2D eigenvalue weighted by Gasteiger charge is -2.13. The number of hydrogen-bond acceptors (Lipinski definition) is 8. The molecule has 0 bridgehead atoms. The predicted octanol–water partition coefficient (Wildman–Crippen LogP) is 2.93. The molecule has 2 aromatic carbocycles. The highest BCUT2D eigenvalue weighted by Gasteiger charge is 2.17. The Morgan fingerprint density at radius 3 is 2.29 bits per heavy atom. The molecule has 0 aliphatic carbocycles. The van der Waals surface area contributed by atoms with Gasteiger partial charge in [-0.05, 0) is 48.1 Å². The van der Waals surface area contributed by atoms with E-state index in [9.17, 15) is 10.2 Å². The number of rotatable bonds is 6. The van der Waals surface area contributed by atoms with Crippen molar-refractivity contribution >= 4 is 18.4 Å². The number of phenolic OH excluding ortho intramolecular Hbond substituents is 2. The van der Waals surface area contributed by atoms with E-state index in [0.29, 0.717) is 34.2 Å². The van der Waals surface area contributed by atoms with Gasteiger partial charge in [0.05, 0.1) is 27.5 Å². The summed E-state index contributed by atoms with van der Waals surface area (Å²) in [5, 5.41) is 30.3. The summed E-state index contributed by atoms with van der Waals surface area (Å²) in [4.78, 5) is 0. The van der Waals surface area contributed by atoms with Crippen LogP contribution in [0, 0.1) is 4.77 Å². The molecule has 0 atom stereocenters. The van der Waals surface area contributed by atoms with Gasteiger partial charge in [-0.3, -0.25) is 0 Å². The number of aromatic nitrogens is 3. The molecular weight excluding hydrogens is 384 g/mol. The van der Waals surface area contributed by atoms with E-state index in [-0.39, 0.29) is 16.3 Å². The van der Waals surface area contributed by atoms with Gasteiger partial charge >= 0.3 is 0 Å². The van der Waals surface area contributed by atoms with Gasteiger partial charge < -0.3 is 24.4 Å². The van der Waals surface area contributed by atoms with Crippen LogP contribution < -0.4 is 14.2 Å². The van der Waals surface area contributed by atoms with E-state index in [2.05, 4.69) is 15.3 Å². The molecule has 0 unspecified atom stereocenters. The van der Waals surface area contributed by atoms with Crippen molar-refractivity contribution in [2.75, 3.05) is 21.3 Å². The van der Waals surface area contributed by atoms with Crippen LogP contribution in [0.1, 0.15) is 5.56 Å². The Kier molecular flexibility index (Phi) is 5.50. The molecule has 3 aromatic rings. The van der Waals surface area contributed by atoms with Gasteiger partial charge in [0.2, 0.25) is 10.5 Å². The topological polar surface area (TPSA) is 114 Å². The summed E-state index contributed by atoms with van der Waals surface area (Å²) in [6.07, 6.45) is 1.48. The second-order valence-corrected chi connectivity index (χ2v) is 5.96. The van der Waals surface area contributed by atoms with Gasteiger partial charge in [0.15, 0.2) is 28.8 Å². The molecule has 146 valence electrons. The number of phenols is 2. The van der Waals surface area contributed by atoms with Crippen LogP contribution in [0.2, 0.25) is 0 Å². The molecule has 0 aliphatic rings. The monoisotopic (exact) mass is 402 g/mol. The largest absolute Gasteiger partial charge is 0.504 e. The van der Waals surface area contributed by atoms with Crippen molar-refractivity contribution in [2.45, 2.75) is 0 Å². The zero-order valence-electron chi connectivity index (χ0n) is 15.3. The van der Waals surface area contributed by atoms with Gasteiger partial charge in [-0.2, -0.15) is 14.9 Å². The lowest BCUT2D eigenvalue weighted by atomic mass is 10.1. The molecule has 0 fully saturated rings. The molecule has 0 aliphatic heterocycles. The van der Waals surface area contributed by atoms with E-state index in [1.165, 1.54) is 44.4 Å². The van der Waals surface area contributed by atoms with E-state index in [4.69, 9.17) is 26.4 Å². The van der Waals surface area contributed by atoms with E-state index in [1.54, 1.807) is 18.2 Å². The fourth-order valence-corrected chi connectivity index (χ4v) is 2.72. The molecule has 3 N–H and O–H groups in total. The van der Waals surface area contributed by atoms with Gasteiger partial charge in [-0.1, -0.05) is 0 Å². The fraction of sp³-hybridized carbons (Fsp3) is 0.167. The average Bonchev–Trinajstić information content (AvgIpc) is 3.08. The van der Waals surface area contributed by atoms with Crippen molar-refractivity contribution in [3.63, 3.8) is 0 Å². The Balaban J connectivity index is 2.07. The number of aromatic amines is 1. The highest BCUT2D eigenvalue weighted by atomic mass is 32.1. The summed E-state index contributed by atoms with van der Waals surface area (Å²) in [6.45, 7) is 0. The van der Waals surface area contributed by atoms with Crippen molar-refractivity contribution in [3.05, 3.63) is 40.7 Å². The summed E-state index contributed by atoms with van der Waals surface area (Å²) in [6, 6.07) is 7.80. The quantitative estimate of drug-likeness (QED) is 0.330. The van der Waals surface area contributed by atoms with Crippen LogP contribution in [0.5, 0.6) is 28.7 Å². The third-order valence-electron chi connectivity index (χ3n) is 3.90. The zero-order chi connectivity index (χ0) is 20.3. The van der Waals surface area contributed by atoms with Crippen molar-refractivity contribution < 1.29 is 24.4 Å². The normalized spacial score (nSPS) is 11.0. The first-order valence-corrected chi connectivity index (χ1v) is 8.43. The fourth-order valence-electron chi connectivity index (χ4n) is 2.54. The molecule has 0 amide bonds. The van der Waals surface area contributed by atoms with Crippen molar-refractivity contribution in [3.8, 4) is 40.1 Å². The smallest absolute Gasteiger partial charge is 0.216 e. The third kappa shape index (κ3) is 3.62. The number of nitrogens with one attached hydrogen (secondary N) is 1. The third-order valence-corrected chi connectivity index (χ3v) is 4.16. The lowest BCUT2D eigenvalue weighted by Crippen LogP contribution is -1.99. The van der Waals surface area contributed by atoms with Crippen LogP contribution in [-0.2, 0) is 0 Å². The summed E-state index contributed by atoms with van der Waals surface area (Å²) < 4.78 is 17.8. The molecule has 3 rings (SSSR count). The molecule has 0 saturated carbocycles. The molecule has 0 saturated heterocycles. The Bertz CT molecular complexity index is 1060. The SMILES string of the molecule is COc1cc(-c2n[nH]c(=S)n2N=Cc2ccc(O)c(O)c2)cc(OC)c1OC. The van der Waals surface area contributed by atoms with Crippen molar-refractivity contribution in [1.82, 2.24) is 14.9 Å². The van der Waals surface area contributed by atoms with Gasteiger partial charge in [-0.25, -0.2) is 5.10 Å². The number of benzene rings is 2. The summed E-state index contributed by atoms with van der Waals surface area (Å²) in [7, 11) is 4.56. The Morgan fingerprint density at radius 1 is 1.04 bits per heavy atom. The van der Waals surface area contributed by atoms with Crippen LogP contribution in [-0.4, -0.2) is 52.6 Å². The molecule has 9 nitrogen and oxygen atoms in total. The number of ether oxygens (including phenoxy) is 3. The van der Waals surface area contributed by atoms with Gasteiger partial charge in [0.1, 0.15) is 0 Å². The zero-order valence-corrected chi connectivity index (χ0v) is 16.1. The van der Waals surface area contributed by atoms with Crippen LogP contribution >= 0.6 is 12.2 Å². The summed E-state index contributed by atoms with van der Waals surface area (Å²) >= 11 is 5.26. The molecule has 1 heterocycles.